The summed E-state index contributed by atoms with van der Waals surface area (Å²) in [6.45, 7) is 15.4. The summed E-state index contributed by atoms with van der Waals surface area (Å²) in [5.74, 6) is 1.76. The van der Waals surface area contributed by atoms with Crippen molar-refractivity contribution in [2.75, 3.05) is 0 Å². The molecule has 6 aliphatic rings. The minimum atomic E-state index is -0.855. The zero-order valence-corrected chi connectivity index (χ0v) is 22.7. The van der Waals surface area contributed by atoms with Crippen LogP contribution in [-0.4, -0.2) is 39.4 Å². The number of carbonyl (C=O) groups is 1. The van der Waals surface area contributed by atoms with Gasteiger partial charge in [0.2, 0.25) is 0 Å². The fourth-order valence-corrected chi connectivity index (χ4v) is 11.9. The molecule has 2 spiro atoms. The van der Waals surface area contributed by atoms with Gasteiger partial charge in [-0.3, -0.25) is 4.79 Å². The van der Waals surface area contributed by atoms with E-state index in [0.29, 0.717) is 28.4 Å². The molecule has 0 amide bonds. The molecule has 6 fully saturated rings. The van der Waals surface area contributed by atoms with Gasteiger partial charge in [0.1, 0.15) is 5.78 Å². The van der Waals surface area contributed by atoms with Crippen molar-refractivity contribution in [1.29, 1.82) is 0 Å². The number of hydrogen-bond donors (Lipinski definition) is 2. The molecule has 4 nitrogen and oxygen atoms in total. The van der Waals surface area contributed by atoms with E-state index in [1.807, 2.05) is 13.8 Å². The summed E-state index contributed by atoms with van der Waals surface area (Å²) in [5, 5.41) is 22.4. The number of carbonyl (C=O) groups excluding carboxylic acids is 1. The Bertz CT molecular complexity index is 919. The van der Waals surface area contributed by atoms with Crippen LogP contribution in [0, 0.1) is 44.8 Å². The quantitative estimate of drug-likeness (QED) is 0.543. The van der Waals surface area contributed by atoms with Gasteiger partial charge >= 0.3 is 0 Å². The summed E-state index contributed by atoms with van der Waals surface area (Å²) < 4.78 is 6.67. The van der Waals surface area contributed by atoms with Gasteiger partial charge in [-0.25, -0.2) is 0 Å². The zero-order chi connectivity index (χ0) is 24.7. The summed E-state index contributed by atoms with van der Waals surface area (Å²) in [7, 11) is 0. The maximum atomic E-state index is 12.9. The molecular weight excluding hydrogens is 424 g/mol. The van der Waals surface area contributed by atoms with E-state index >= 15 is 0 Å². The predicted molar refractivity (Wildman–Crippen MR) is 132 cm³/mol. The van der Waals surface area contributed by atoms with Crippen molar-refractivity contribution in [2.24, 2.45) is 44.8 Å². The standard InChI is InChI=1S/C30H48O4/c1-24(2)19-8-9-20-27(6)16-18(31)23(28(7)12-11-22(34-28)25(3,4)33)26(27,5)14-15-30(20)17-29(19,30)13-10-21(24)32/h18-20,22-23,31,33H,8-17H2,1-7H3/t18-,19+,20+,22-,23+,26-,27+,28+,29-,30+/m1/s1. The molecule has 5 aliphatic carbocycles. The Balaban J connectivity index is 1.35. The fourth-order valence-electron chi connectivity index (χ4n) is 11.9. The molecule has 1 aliphatic heterocycles. The van der Waals surface area contributed by atoms with Gasteiger partial charge < -0.3 is 14.9 Å². The van der Waals surface area contributed by atoms with Crippen LogP contribution in [0.3, 0.4) is 0 Å². The highest BCUT2D eigenvalue weighted by molar-refractivity contribution is 5.86. The largest absolute Gasteiger partial charge is 0.393 e. The molecule has 0 aromatic heterocycles. The van der Waals surface area contributed by atoms with E-state index in [2.05, 4.69) is 34.6 Å². The van der Waals surface area contributed by atoms with E-state index < -0.39 is 11.2 Å². The third kappa shape index (κ3) is 2.55. The van der Waals surface area contributed by atoms with Crippen LogP contribution >= 0.6 is 0 Å². The molecule has 2 N–H and O–H groups in total. The second-order valence-corrected chi connectivity index (χ2v) is 15.5. The van der Waals surface area contributed by atoms with Gasteiger partial charge in [0.25, 0.3) is 0 Å². The van der Waals surface area contributed by atoms with E-state index in [1.54, 1.807) is 0 Å². The Morgan fingerprint density at radius 1 is 0.882 bits per heavy atom. The van der Waals surface area contributed by atoms with Gasteiger partial charge in [0.05, 0.1) is 23.4 Å². The van der Waals surface area contributed by atoms with Crippen molar-refractivity contribution < 1.29 is 19.7 Å². The molecule has 0 aromatic carbocycles. The van der Waals surface area contributed by atoms with Crippen LogP contribution in [0.5, 0.6) is 0 Å². The normalized spacial score (nSPS) is 58.0. The number of Topliss-reactive ketones (excluding diaryl/α,β-unsaturated/α-hetero) is 1. The third-order valence-electron chi connectivity index (χ3n) is 13.6. The number of fused-ring (bicyclic) bond motifs is 2. The second-order valence-electron chi connectivity index (χ2n) is 15.5. The van der Waals surface area contributed by atoms with Crippen LogP contribution in [0.2, 0.25) is 0 Å². The maximum absolute atomic E-state index is 12.9. The van der Waals surface area contributed by atoms with Crippen molar-refractivity contribution in [3.05, 3.63) is 0 Å². The predicted octanol–water partition coefficient (Wildman–Crippen LogP) is 5.67. The molecule has 5 saturated carbocycles. The number of ketones is 1. The van der Waals surface area contributed by atoms with Gasteiger partial charge in [-0.15, -0.1) is 0 Å². The first kappa shape index (κ1) is 23.9. The van der Waals surface area contributed by atoms with E-state index in [9.17, 15) is 15.0 Å². The summed E-state index contributed by atoms with van der Waals surface area (Å²) >= 11 is 0. The number of aliphatic hydroxyl groups is 2. The summed E-state index contributed by atoms with van der Waals surface area (Å²) in [6.07, 6.45) is 10.1. The fraction of sp³-hybridized carbons (Fsp3) is 0.967. The molecular formula is C30H48O4. The highest BCUT2D eigenvalue weighted by atomic mass is 16.5. The van der Waals surface area contributed by atoms with E-state index in [0.717, 1.165) is 38.5 Å². The molecule has 1 saturated heterocycles. The molecule has 0 radical (unpaired) electrons. The summed E-state index contributed by atoms with van der Waals surface area (Å²) in [6, 6.07) is 0. The molecule has 34 heavy (non-hydrogen) atoms. The van der Waals surface area contributed by atoms with Crippen molar-refractivity contribution in [1.82, 2.24) is 0 Å². The summed E-state index contributed by atoms with van der Waals surface area (Å²) in [4.78, 5) is 12.9. The first-order chi connectivity index (χ1) is 15.6. The lowest BCUT2D eigenvalue weighted by atomic mass is 9.41. The molecule has 10 atom stereocenters. The van der Waals surface area contributed by atoms with Gasteiger partial charge in [0.15, 0.2) is 0 Å². The molecule has 0 unspecified atom stereocenters. The average Bonchev–Trinajstić information content (AvgIpc) is 3.11. The lowest BCUT2D eigenvalue weighted by Crippen LogP contribution is -2.59. The minimum absolute atomic E-state index is 0.0300. The molecule has 4 heteroatoms. The Hall–Kier alpha value is -0.450. The van der Waals surface area contributed by atoms with Crippen molar-refractivity contribution in [2.45, 2.75) is 136 Å². The Labute approximate surface area is 206 Å². The highest BCUT2D eigenvalue weighted by Crippen LogP contribution is 2.89. The number of ether oxygens (including phenoxy) is 1. The smallest absolute Gasteiger partial charge is 0.138 e. The topological polar surface area (TPSA) is 66.8 Å². The second kappa shape index (κ2) is 6.51. The average molecular weight is 473 g/mol. The highest BCUT2D eigenvalue weighted by Gasteiger charge is 2.83. The molecule has 192 valence electrons. The first-order valence-electron chi connectivity index (χ1n) is 14.2. The SMILES string of the molecule is CC(C)(O)[C@H]1CC[C@@](C)([C@H]2[C@H](O)C[C@@]3(C)[C@@H]4CC[C@H]5C(C)(C)C(=O)CC[C@@]56C[C@@]46CC[C@]23C)O1. The van der Waals surface area contributed by atoms with E-state index in [-0.39, 0.29) is 34.4 Å². The van der Waals surface area contributed by atoms with Crippen LogP contribution in [-0.2, 0) is 9.53 Å². The van der Waals surface area contributed by atoms with Crippen molar-refractivity contribution in [3.63, 3.8) is 0 Å². The van der Waals surface area contributed by atoms with Gasteiger partial charge in [0, 0.05) is 17.8 Å². The summed E-state index contributed by atoms with van der Waals surface area (Å²) in [5.41, 5.74) is -0.560. The van der Waals surface area contributed by atoms with Gasteiger partial charge in [-0.05, 0) is 112 Å². The maximum Gasteiger partial charge on any atom is 0.138 e. The van der Waals surface area contributed by atoms with E-state index in [4.69, 9.17) is 4.74 Å². The monoisotopic (exact) mass is 472 g/mol. The van der Waals surface area contributed by atoms with E-state index in [1.165, 1.54) is 25.7 Å². The van der Waals surface area contributed by atoms with Crippen LogP contribution in [0.1, 0.15) is 113 Å². The van der Waals surface area contributed by atoms with Crippen LogP contribution in [0.15, 0.2) is 0 Å². The number of hydrogen-bond acceptors (Lipinski definition) is 4. The van der Waals surface area contributed by atoms with Crippen LogP contribution in [0.25, 0.3) is 0 Å². The lowest BCUT2D eigenvalue weighted by molar-refractivity contribution is -0.192. The Morgan fingerprint density at radius 2 is 1.53 bits per heavy atom. The Morgan fingerprint density at radius 3 is 2.18 bits per heavy atom. The third-order valence-corrected chi connectivity index (χ3v) is 13.6. The minimum Gasteiger partial charge on any atom is -0.393 e. The lowest BCUT2D eigenvalue weighted by Gasteiger charge is -2.63. The van der Waals surface area contributed by atoms with Crippen molar-refractivity contribution in [3.8, 4) is 0 Å². The molecule has 1 heterocycles. The first-order valence-corrected chi connectivity index (χ1v) is 14.2. The Kier molecular flexibility index (Phi) is 4.58. The van der Waals surface area contributed by atoms with Gasteiger partial charge in [-0.1, -0.05) is 27.7 Å². The number of aliphatic hydroxyl groups excluding tert-OH is 1. The van der Waals surface area contributed by atoms with Crippen LogP contribution in [0.4, 0.5) is 0 Å². The number of rotatable bonds is 2. The van der Waals surface area contributed by atoms with Gasteiger partial charge in [-0.2, -0.15) is 0 Å². The van der Waals surface area contributed by atoms with Crippen LogP contribution < -0.4 is 0 Å². The molecule has 6 rings (SSSR count). The molecule has 0 bridgehead atoms. The zero-order valence-electron chi connectivity index (χ0n) is 22.7. The molecule has 0 aromatic rings. The van der Waals surface area contributed by atoms with Crippen molar-refractivity contribution >= 4 is 5.78 Å².